The molecule has 0 bridgehead atoms. The van der Waals surface area contributed by atoms with Gasteiger partial charge in [-0.15, -0.1) is 0 Å². The van der Waals surface area contributed by atoms with Gasteiger partial charge in [0.15, 0.2) is 0 Å². The Hall–Kier alpha value is -2.09. The van der Waals surface area contributed by atoms with Crippen molar-refractivity contribution in [1.82, 2.24) is 0 Å². The van der Waals surface area contributed by atoms with E-state index >= 15 is 0 Å². The molecule has 0 saturated heterocycles. The molecule has 0 atom stereocenters. The zero-order valence-electron chi connectivity index (χ0n) is 11.9. The SMILES string of the molecule is [C-]#[N+]c1c(Cl)c(Cl)c(C#N)c(Cc2c(F)cc([N+](=O)[O-])cc2Cl)c1Cl. The molecule has 0 saturated carbocycles. The molecule has 2 aromatic carbocycles. The number of nitro groups is 1. The summed E-state index contributed by atoms with van der Waals surface area (Å²) in [5.74, 6) is -0.949. The van der Waals surface area contributed by atoms with Gasteiger partial charge in [-0.25, -0.2) is 9.24 Å². The van der Waals surface area contributed by atoms with Crippen LogP contribution in [0.2, 0.25) is 20.1 Å². The van der Waals surface area contributed by atoms with E-state index in [9.17, 15) is 19.8 Å². The van der Waals surface area contributed by atoms with E-state index in [1.165, 1.54) is 0 Å². The minimum absolute atomic E-state index is 0.0548. The molecule has 0 amide bonds. The van der Waals surface area contributed by atoms with Gasteiger partial charge in [0, 0.05) is 18.1 Å². The van der Waals surface area contributed by atoms with Crippen molar-refractivity contribution in [2.75, 3.05) is 0 Å². The third-order valence-corrected chi connectivity index (χ3v) is 4.90. The number of non-ortho nitro benzene ring substituents is 1. The second kappa shape index (κ2) is 7.43. The molecule has 10 heteroatoms. The van der Waals surface area contributed by atoms with Gasteiger partial charge < -0.3 is 0 Å². The highest BCUT2D eigenvalue weighted by Gasteiger charge is 2.24. The van der Waals surface area contributed by atoms with Crippen molar-refractivity contribution in [3.63, 3.8) is 0 Å². The van der Waals surface area contributed by atoms with E-state index < -0.39 is 16.4 Å². The summed E-state index contributed by atoms with van der Waals surface area (Å²) in [4.78, 5) is 13.1. The molecule has 0 aromatic heterocycles. The van der Waals surface area contributed by atoms with Crippen LogP contribution in [0, 0.1) is 33.8 Å². The Morgan fingerprint density at radius 2 is 1.84 bits per heavy atom. The van der Waals surface area contributed by atoms with Crippen LogP contribution in [-0.4, -0.2) is 4.92 Å². The van der Waals surface area contributed by atoms with Gasteiger partial charge in [-0.2, -0.15) is 5.26 Å². The largest absolute Gasteiger partial charge is 0.273 e. The van der Waals surface area contributed by atoms with Gasteiger partial charge in [0.2, 0.25) is 5.69 Å². The van der Waals surface area contributed by atoms with Crippen molar-refractivity contribution in [3.8, 4) is 6.07 Å². The molecular weight excluding hydrogens is 415 g/mol. The molecule has 0 heterocycles. The van der Waals surface area contributed by atoms with Crippen molar-refractivity contribution in [2.24, 2.45) is 0 Å². The van der Waals surface area contributed by atoms with E-state index in [1.807, 2.05) is 6.07 Å². The first kappa shape index (κ1) is 19.2. The number of hydrogen-bond acceptors (Lipinski definition) is 3. The van der Waals surface area contributed by atoms with Crippen molar-refractivity contribution >= 4 is 57.8 Å². The van der Waals surface area contributed by atoms with Gasteiger partial charge in [-0.3, -0.25) is 10.1 Å². The summed E-state index contributed by atoms with van der Waals surface area (Å²) in [6.07, 6.45) is -0.302. The average Bonchev–Trinajstić information content (AvgIpc) is 2.55. The third-order valence-electron chi connectivity index (χ3n) is 3.31. The molecule has 0 spiro atoms. The quantitative estimate of drug-likeness (QED) is 0.252. The van der Waals surface area contributed by atoms with Crippen molar-refractivity contribution in [3.05, 3.63) is 76.3 Å². The monoisotopic (exact) mass is 417 g/mol. The second-order valence-electron chi connectivity index (χ2n) is 4.69. The molecule has 0 radical (unpaired) electrons. The Labute approximate surface area is 161 Å². The minimum Gasteiger partial charge on any atom is -0.258 e. The molecule has 2 rings (SSSR count). The number of benzene rings is 2. The summed E-state index contributed by atoms with van der Waals surface area (Å²) in [6.45, 7) is 7.13. The predicted molar refractivity (Wildman–Crippen MR) is 93.3 cm³/mol. The van der Waals surface area contributed by atoms with E-state index in [2.05, 4.69) is 4.85 Å². The molecule has 0 N–H and O–H groups in total. The fourth-order valence-corrected chi connectivity index (χ4v) is 3.21. The Morgan fingerprint density at radius 1 is 1.20 bits per heavy atom. The number of nitrogens with zero attached hydrogens (tertiary/aromatic N) is 3. The predicted octanol–water partition coefficient (Wildman–Crippen LogP) is 6.36. The molecular formula is C15H4Cl4FN3O2. The van der Waals surface area contributed by atoms with Crippen LogP contribution in [0.15, 0.2) is 12.1 Å². The van der Waals surface area contributed by atoms with E-state index in [4.69, 9.17) is 53.0 Å². The van der Waals surface area contributed by atoms with Crippen LogP contribution in [0.1, 0.15) is 16.7 Å². The molecule has 0 unspecified atom stereocenters. The van der Waals surface area contributed by atoms with Crippen LogP contribution in [0.3, 0.4) is 0 Å². The Kier molecular flexibility index (Phi) is 5.72. The van der Waals surface area contributed by atoms with Crippen LogP contribution >= 0.6 is 46.4 Å². The average molecular weight is 419 g/mol. The van der Waals surface area contributed by atoms with Crippen molar-refractivity contribution in [2.45, 2.75) is 6.42 Å². The van der Waals surface area contributed by atoms with Crippen molar-refractivity contribution in [1.29, 1.82) is 5.26 Å². The summed E-state index contributed by atoms with van der Waals surface area (Å²) in [7, 11) is 0. The van der Waals surface area contributed by atoms with Crippen LogP contribution in [0.25, 0.3) is 4.85 Å². The molecule has 0 fully saturated rings. The van der Waals surface area contributed by atoms with Crippen LogP contribution in [0.4, 0.5) is 15.8 Å². The molecule has 0 aliphatic rings. The standard InChI is InChI=1S/C15H4Cl4FN3O2/c1-22-15-13(18)7(9(5-21)12(17)14(15)19)4-8-10(16)2-6(23(24)25)3-11(8)20/h2-3H,4H2. The lowest BCUT2D eigenvalue weighted by molar-refractivity contribution is -0.385. The number of hydrogen-bond donors (Lipinski definition) is 0. The number of rotatable bonds is 3. The maximum atomic E-state index is 14.3. The molecule has 126 valence electrons. The van der Waals surface area contributed by atoms with E-state index in [0.717, 1.165) is 6.07 Å². The fraction of sp³-hybridized carbons (Fsp3) is 0.0667. The topological polar surface area (TPSA) is 71.3 Å². The molecule has 5 nitrogen and oxygen atoms in total. The van der Waals surface area contributed by atoms with Gasteiger partial charge in [0.1, 0.15) is 11.9 Å². The lowest BCUT2D eigenvalue weighted by Gasteiger charge is -2.13. The van der Waals surface area contributed by atoms with Crippen LogP contribution in [-0.2, 0) is 6.42 Å². The maximum Gasteiger partial charge on any atom is 0.273 e. The van der Waals surface area contributed by atoms with E-state index in [1.54, 1.807) is 0 Å². The highest BCUT2D eigenvalue weighted by molar-refractivity contribution is 6.47. The lowest BCUT2D eigenvalue weighted by Crippen LogP contribution is -2.01. The summed E-state index contributed by atoms with van der Waals surface area (Å²) in [5.41, 5.74) is -0.897. The summed E-state index contributed by atoms with van der Waals surface area (Å²) < 4.78 is 14.3. The second-order valence-corrected chi connectivity index (χ2v) is 6.23. The van der Waals surface area contributed by atoms with Gasteiger partial charge in [-0.1, -0.05) is 46.4 Å². The number of nitriles is 1. The normalized spacial score (nSPS) is 10.2. The third kappa shape index (κ3) is 3.49. The zero-order chi connectivity index (χ0) is 18.9. The first-order chi connectivity index (χ1) is 11.7. The van der Waals surface area contributed by atoms with Crippen LogP contribution in [0.5, 0.6) is 0 Å². The Bertz CT molecular complexity index is 973. The number of halogens is 5. The summed E-state index contributed by atoms with van der Waals surface area (Å²) >= 11 is 24.0. The summed E-state index contributed by atoms with van der Waals surface area (Å²) in [5, 5.41) is 19.3. The Balaban J connectivity index is 2.71. The van der Waals surface area contributed by atoms with Gasteiger partial charge >= 0.3 is 0 Å². The first-order valence-corrected chi connectivity index (χ1v) is 7.83. The molecule has 0 aliphatic carbocycles. The maximum absolute atomic E-state index is 14.3. The lowest BCUT2D eigenvalue weighted by atomic mass is 9.98. The molecule has 2 aromatic rings. The van der Waals surface area contributed by atoms with Gasteiger partial charge in [0.25, 0.3) is 5.69 Å². The van der Waals surface area contributed by atoms with E-state index in [0.29, 0.717) is 6.07 Å². The Morgan fingerprint density at radius 3 is 2.32 bits per heavy atom. The minimum atomic E-state index is -0.949. The highest BCUT2D eigenvalue weighted by Crippen LogP contribution is 2.45. The number of nitro benzene ring substituents is 1. The first-order valence-electron chi connectivity index (χ1n) is 6.32. The van der Waals surface area contributed by atoms with Gasteiger partial charge in [-0.05, 0) is 5.56 Å². The van der Waals surface area contributed by atoms with E-state index in [-0.39, 0.29) is 48.9 Å². The van der Waals surface area contributed by atoms with Gasteiger partial charge in [0.05, 0.1) is 43.2 Å². The zero-order valence-corrected chi connectivity index (χ0v) is 14.9. The fourth-order valence-electron chi connectivity index (χ4n) is 2.12. The molecule has 0 aliphatic heterocycles. The van der Waals surface area contributed by atoms with Crippen LogP contribution < -0.4 is 0 Å². The highest BCUT2D eigenvalue weighted by atomic mass is 35.5. The van der Waals surface area contributed by atoms with Crippen molar-refractivity contribution < 1.29 is 9.31 Å². The smallest absolute Gasteiger partial charge is 0.258 e. The summed E-state index contributed by atoms with van der Waals surface area (Å²) in [6, 6.07) is 3.49. The molecule has 25 heavy (non-hydrogen) atoms.